The third kappa shape index (κ3) is 4.40. The summed E-state index contributed by atoms with van der Waals surface area (Å²) in [5.74, 6) is -0.768. The Labute approximate surface area is 100.0 Å². The number of rotatable bonds is 5. The minimum Gasteiger partial charge on any atom is -0.399 e. The third-order valence-electron chi connectivity index (χ3n) is 2.45. The molecule has 3 N–H and O–H groups in total. The lowest BCUT2D eigenvalue weighted by Crippen LogP contribution is -2.15. The number of amides is 1. The van der Waals surface area contributed by atoms with Gasteiger partial charge < -0.3 is 15.8 Å². The largest absolute Gasteiger partial charge is 0.399 e. The van der Waals surface area contributed by atoms with Crippen LogP contribution in [0.25, 0.3) is 0 Å². The van der Waals surface area contributed by atoms with Gasteiger partial charge >= 0.3 is 0 Å². The average molecular weight is 240 g/mol. The van der Waals surface area contributed by atoms with Gasteiger partial charge in [0.1, 0.15) is 5.82 Å². The van der Waals surface area contributed by atoms with Gasteiger partial charge in [-0.25, -0.2) is 4.39 Å². The Morgan fingerprint density at radius 2 is 2.29 bits per heavy atom. The zero-order valence-electron chi connectivity index (χ0n) is 10.00. The van der Waals surface area contributed by atoms with E-state index in [0.717, 1.165) is 0 Å². The molecular formula is C12H17FN2O2. The number of methoxy groups -OCH3 is 1. The lowest BCUT2D eigenvalue weighted by molar-refractivity contribution is -0.116. The van der Waals surface area contributed by atoms with Crippen LogP contribution >= 0.6 is 0 Å². The highest BCUT2D eigenvalue weighted by Crippen LogP contribution is 2.17. The van der Waals surface area contributed by atoms with Gasteiger partial charge in [-0.2, -0.15) is 0 Å². The molecule has 0 aliphatic carbocycles. The molecule has 0 bridgehead atoms. The highest BCUT2D eigenvalue weighted by atomic mass is 19.1. The van der Waals surface area contributed by atoms with Crippen molar-refractivity contribution in [3.05, 3.63) is 24.0 Å². The summed E-state index contributed by atoms with van der Waals surface area (Å²) in [7, 11) is 1.59. The average Bonchev–Trinajstić information content (AvgIpc) is 2.29. The molecular weight excluding hydrogens is 223 g/mol. The van der Waals surface area contributed by atoms with Crippen molar-refractivity contribution in [3.63, 3.8) is 0 Å². The van der Waals surface area contributed by atoms with Gasteiger partial charge in [0.2, 0.25) is 5.91 Å². The van der Waals surface area contributed by atoms with Crippen molar-refractivity contribution < 1.29 is 13.9 Å². The van der Waals surface area contributed by atoms with Gasteiger partial charge in [0.15, 0.2) is 0 Å². The second-order valence-corrected chi connectivity index (χ2v) is 3.87. The minimum atomic E-state index is -0.530. The highest BCUT2D eigenvalue weighted by molar-refractivity contribution is 5.91. The van der Waals surface area contributed by atoms with Crippen LogP contribution in [-0.4, -0.2) is 19.1 Å². The van der Waals surface area contributed by atoms with Crippen LogP contribution in [0, 0.1) is 5.82 Å². The van der Waals surface area contributed by atoms with E-state index >= 15 is 0 Å². The zero-order chi connectivity index (χ0) is 12.8. The number of benzene rings is 1. The summed E-state index contributed by atoms with van der Waals surface area (Å²) >= 11 is 0. The number of ether oxygens (including phenoxy) is 1. The number of anilines is 2. The standard InChI is InChI=1S/C12H17FN2O2/c1-8(17-2)3-6-12(16)15-11-5-4-9(14)7-10(11)13/h4-5,7-8H,3,6,14H2,1-2H3,(H,15,16). The zero-order valence-corrected chi connectivity index (χ0v) is 10.00. The van der Waals surface area contributed by atoms with Crippen molar-refractivity contribution in [1.82, 2.24) is 0 Å². The first-order chi connectivity index (χ1) is 8.02. The summed E-state index contributed by atoms with van der Waals surface area (Å²) in [6.07, 6.45) is 0.898. The van der Waals surface area contributed by atoms with Gasteiger partial charge in [-0.1, -0.05) is 0 Å². The van der Waals surface area contributed by atoms with E-state index < -0.39 is 5.82 Å². The summed E-state index contributed by atoms with van der Waals surface area (Å²) < 4.78 is 18.4. The van der Waals surface area contributed by atoms with E-state index in [-0.39, 0.29) is 17.7 Å². The molecule has 0 heterocycles. The lowest BCUT2D eigenvalue weighted by Gasteiger charge is -2.10. The maximum Gasteiger partial charge on any atom is 0.224 e. The van der Waals surface area contributed by atoms with Crippen molar-refractivity contribution in [3.8, 4) is 0 Å². The van der Waals surface area contributed by atoms with Crippen LogP contribution in [0.1, 0.15) is 19.8 Å². The topological polar surface area (TPSA) is 64.3 Å². The number of carbonyl (C=O) groups excluding carboxylic acids is 1. The van der Waals surface area contributed by atoms with E-state index in [2.05, 4.69) is 5.32 Å². The van der Waals surface area contributed by atoms with Crippen LogP contribution in [0.15, 0.2) is 18.2 Å². The van der Waals surface area contributed by atoms with E-state index in [9.17, 15) is 9.18 Å². The Morgan fingerprint density at radius 1 is 1.59 bits per heavy atom. The second-order valence-electron chi connectivity index (χ2n) is 3.87. The second kappa shape index (κ2) is 6.20. The minimum absolute atomic E-state index is 0.0111. The number of hydrogen-bond acceptors (Lipinski definition) is 3. The number of carbonyl (C=O) groups is 1. The van der Waals surface area contributed by atoms with Crippen LogP contribution < -0.4 is 11.1 Å². The van der Waals surface area contributed by atoms with Crippen molar-refractivity contribution in [2.24, 2.45) is 0 Å². The summed E-state index contributed by atoms with van der Waals surface area (Å²) in [5, 5.41) is 2.49. The van der Waals surface area contributed by atoms with Gasteiger partial charge in [0, 0.05) is 19.2 Å². The monoisotopic (exact) mass is 240 g/mol. The molecule has 0 spiro atoms. The summed E-state index contributed by atoms with van der Waals surface area (Å²) in [6.45, 7) is 1.87. The van der Waals surface area contributed by atoms with Crippen LogP contribution in [0.3, 0.4) is 0 Å². The molecule has 1 aromatic carbocycles. The fraction of sp³-hybridized carbons (Fsp3) is 0.417. The van der Waals surface area contributed by atoms with E-state index in [0.29, 0.717) is 18.5 Å². The Bertz CT molecular complexity index is 396. The normalized spacial score (nSPS) is 12.2. The number of hydrogen-bond donors (Lipinski definition) is 2. The number of nitrogens with one attached hydrogen (secondary N) is 1. The molecule has 0 saturated heterocycles. The predicted molar refractivity (Wildman–Crippen MR) is 65.1 cm³/mol. The van der Waals surface area contributed by atoms with Crippen LogP contribution in [0.4, 0.5) is 15.8 Å². The van der Waals surface area contributed by atoms with Gasteiger partial charge in [-0.05, 0) is 31.5 Å². The molecule has 4 nitrogen and oxygen atoms in total. The molecule has 5 heteroatoms. The molecule has 94 valence electrons. The van der Waals surface area contributed by atoms with Gasteiger partial charge in [-0.15, -0.1) is 0 Å². The first-order valence-corrected chi connectivity index (χ1v) is 5.40. The van der Waals surface area contributed by atoms with Crippen molar-refractivity contribution in [2.75, 3.05) is 18.2 Å². The van der Waals surface area contributed by atoms with Crippen molar-refractivity contribution >= 4 is 17.3 Å². The maximum absolute atomic E-state index is 13.4. The first kappa shape index (κ1) is 13.4. The number of nitrogens with two attached hydrogens (primary N) is 1. The Hall–Kier alpha value is -1.62. The fourth-order valence-corrected chi connectivity index (χ4v) is 1.30. The molecule has 0 saturated carbocycles. The third-order valence-corrected chi connectivity index (χ3v) is 2.45. The molecule has 0 aliphatic rings. The van der Waals surface area contributed by atoms with Crippen molar-refractivity contribution in [2.45, 2.75) is 25.9 Å². The summed E-state index contributed by atoms with van der Waals surface area (Å²) in [6, 6.07) is 4.16. The number of nitrogen functional groups attached to an aromatic ring is 1. The van der Waals surface area contributed by atoms with Gasteiger partial charge in [0.25, 0.3) is 0 Å². The molecule has 1 aromatic rings. The van der Waals surface area contributed by atoms with Crippen LogP contribution in [-0.2, 0) is 9.53 Å². The Balaban J connectivity index is 2.50. The van der Waals surface area contributed by atoms with Crippen LogP contribution in [0.5, 0.6) is 0 Å². The molecule has 1 unspecified atom stereocenters. The number of halogens is 1. The highest BCUT2D eigenvalue weighted by Gasteiger charge is 2.09. The smallest absolute Gasteiger partial charge is 0.224 e. The molecule has 0 aliphatic heterocycles. The van der Waals surface area contributed by atoms with Gasteiger partial charge in [-0.3, -0.25) is 4.79 Å². The molecule has 0 fully saturated rings. The molecule has 0 aromatic heterocycles. The van der Waals surface area contributed by atoms with E-state index in [4.69, 9.17) is 10.5 Å². The predicted octanol–water partition coefficient (Wildman–Crippen LogP) is 2.16. The SMILES string of the molecule is COC(C)CCC(=O)Nc1ccc(N)cc1F. The quantitative estimate of drug-likeness (QED) is 0.775. The van der Waals surface area contributed by atoms with Crippen molar-refractivity contribution in [1.29, 1.82) is 0 Å². The molecule has 1 amide bonds. The first-order valence-electron chi connectivity index (χ1n) is 5.40. The van der Waals surface area contributed by atoms with Gasteiger partial charge in [0.05, 0.1) is 11.8 Å². The van der Waals surface area contributed by atoms with E-state index in [1.165, 1.54) is 18.2 Å². The van der Waals surface area contributed by atoms with Crippen LogP contribution in [0.2, 0.25) is 0 Å². The molecule has 17 heavy (non-hydrogen) atoms. The summed E-state index contributed by atoms with van der Waals surface area (Å²) in [4.78, 5) is 11.5. The Morgan fingerprint density at radius 3 is 2.88 bits per heavy atom. The summed E-state index contributed by atoms with van der Waals surface area (Å²) in [5.41, 5.74) is 5.88. The Kier molecular flexibility index (Phi) is 4.90. The molecule has 0 radical (unpaired) electrons. The maximum atomic E-state index is 13.4. The molecule has 1 rings (SSSR count). The lowest BCUT2D eigenvalue weighted by atomic mass is 10.2. The fourth-order valence-electron chi connectivity index (χ4n) is 1.30. The van der Waals surface area contributed by atoms with E-state index in [1.54, 1.807) is 7.11 Å². The van der Waals surface area contributed by atoms with E-state index in [1.807, 2.05) is 6.92 Å². The molecule has 1 atom stereocenters.